The number of hydrogen-bond acceptors (Lipinski definition) is 7. The summed E-state index contributed by atoms with van der Waals surface area (Å²) in [4.78, 5) is 30.6. The van der Waals surface area contributed by atoms with Crippen LogP contribution < -0.4 is 9.64 Å². The monoisotopic (exact) mass is 415 g/mol. The molecule has 0 saturated carbocycles. The van der Waals surface area contributed by atoms with Gasteiger partial charge in [-0.25, -0.2) is 9.97 Å². The Morgan fingerprint density at radius 1 is 1.03 bits per heavy atom. The average Bonchev–Trinajstić information content (AvgIpc) is 3.38. The maximum absolute atomic E-state index is 12.5. The Hall–Kier alpha value is -3.94. The summed E-state index contributed by atoms with van der Waals surface area (Å²) in [7, 11) is 1.64. The fourth-order valence-corrected chi connectivity index (χ4v) is 3.73. The summed E-state index contributed by atoms with van der Waals surface area (Å²) in [5.41, 5.74) is 3.19. The van der Waals surface area contributed by atoms with Gasteiger partial charge in [0.05, 0.1) is 18.9 Å². The molecule has 0 radical (unpaired) electrons. The lowest BCUT2D eigenvalue weighted by molar-refractivity contribution is 0.0714. The molecule has 0 bridgehead atoms. The van der Waals surface area contributed by atoms with Gasteiger partial charge in [0.25, 0.3) is 5.91 Å². The van der Waals surface area contributed by atoms with E-state index in [1.165, 1.54) is 6.26 Å². The number of amides is 1. The van der Waals surface area contributed by atoms with Gasteiger partial charge in [0.1, 0.15) is 17.0 Å². The second-order valence-electron chi connectivity index (χ2n) is 7.23. The molecule has 1 aromatic carbocycles. The smallest absolute Gasteiger partial charge is 0.289 e. The maximum Gasteiger partial charge on any atom is 0.289 e. The second kappa shape index (κ2) is 8.06. The van der Waals surface area contributed by atoms with E-state index in [0.29, 0.717) is 37.9 Å². The Kier molecular flexibility index (Phi) is 4.95. The van der Waals surface area contributed by atoms with Crippen LogP contribution in [-0.4, -0.2) is 59.0 Å². The summed E-state index contributed by atoms with van der Waals surface area (Å²) in [6, 6.07) is 15.0. The van der Waals surface area contributed by atoms with Crippen molar-refractivity contribution in [2.75, 3.05) is 38.2 Å². The van der Waals surface area contributed by atoms with E-state index < -0.39 is 0 Å². The number of piperazine rings is 1. The average molecular weight is 415 g/mol. The molecule has 1 amide bonds. The summed E-state index contributed by atoms with van der Waals surface area (Å²) in [5.74, 6) is 1.65. The number of nitrogens with zero attached hydrogens (tertiary/aromatic N) is 5. The molecular weight excluding hydrogens is 394 g/mol. The molecule has 0 spiro atoms. The van der Waals surface area contributed by atoms with Crippen LogP contribution in [0.4, 0.5) is 5.95 Å². The van der Waals surface area contributed by atoms with Gasteiger partial charge in [0.15, 0.2) is 5.76 Å². The van der Waals surface area contributed by atoms with Gasteiger partial charge in [-0.2, -0.15) is 0 Å². The number of benzene rings is 1. The molecule has 8 heteroatoms. The molecule has 0 atom stereocenters. The lowest BCUT2D eigenvalue weighted by atomic mass is 10.1. The number of anilines is 1. The van der Waals surface area contributed by atoms with Gasteiger partial charge in [0.2, 0.25) is 5.95 Å². The van der Waals surface area contributed by atoms with Crippen LogP contribution in [0.2, 0.25) is 0 Å². The van der Waals surface area contributed by atoms with Crippen molar-refractivity contribution in [3.63, 3.8) is 0 Å². The van der Waals surface area contributed by atoms with E-state index in [9.17, 15) is 4.79 Å². The molecule has 3 aromatic heterocycles. The van der Waals surface area contributed by atoms with E-state index in [0.717, 1.165) is 28.0 Å². The molecular formula is C23H21N5O3. The lowest BCUT2D eigenvalue weighted by Gasteiger charge is -2.34. The van der Waals surface area contributed by atoms with Crippen molar-refractivity contribution >= 4 is 22.9 Å². The van der Waals surface area contributed by atoms with Crippen LogP contribution in [0.25, 0.3) is 22.3 Å². The van der Waals surface area contributed by atoms with Gasteiger partial charge in [0, 0.05) is 37.9 Å². The third kappa shape index (κ3) is 3.68. The Balaban J connectivity index is 1.45. The van der Waals surface area contributed by atoms with Gasteiger partial charge < -0.3 is 19.0 Å². The van der Waals surface area contributed by atoms with Gasteiger partial charge in [-0.05, 0) is 36.4 Å². The van der Waals surface area contributed by atoms with Crippen LogP contribution in [0, 0.1) is 0 Å². The Bertz CT molecular complexity index is 1220. The van der Waals surface area contributed by atoms with Crippen molar-refractivity contribution in [1.82, 2.24) is 19.9 Å². The topological polar surface area (TPSA) is 84.6 Å². The highest BCUT2D eigenvalue weighted by atomic mass is 16.5. The van der Waals surface area contributed by atoms with Crippen LogP contribution in [0.3, 0.4) is 0 Å². The number of carbonyl (C=O) groups is 1. The van der Waals surface area contributed by atoms with Crippen molar-refractivity contribution in [1.29, 1.82) is 0 Å². The highest BCUT2D eigenvalue weighted by Gasteiger charge is 2.25. The predicted octanol–water partition coefficient (Wildman–Crippen LogP) is 3.26. The summed E-state index contributed by atoms with van der Waals surface area (Å²) in [5, 5.41) is 0. The Morgan fingerprint density at radius 3 is 2.68 bits per heavy atom. The first-order valence-corrected chi connectivity index (χ1v) is 10.1. The van der Waals surface area contributed by atoms with Crippen molar-refractivity contribution in [3.8, 4) is 17.0 Å². The number of carbonyl (C=O) groups excluding carboxylic acids is 1. The van der Waals surface area contributed by atoms with Gasteiger partial charge in [-0.1, -0.05) is 12.1 Å². The molecule has 0 N–H and O–H groups in total. The normalized spacial score (nSPS) is 14.1. The minimum Gasteiger partial charge on any atom is -0.497 e. The number of hydrogen-bond donors (Lipinski definition) is 0. The summed E-state index contributed by atoms with van der Waals surface area (Å²) in [6.45, 7) is 2.41. The fraction of sp³-hybridized carbons (Fsp3) is 0.217. The van der Waals surface area contributed by atoms with Crippen LogP contribution in [0.15, 0.2) is 65.4 Å². The van der Waals surface area contributed by atoms with E-state index in [-0.39, 0.29) is 5.91 Å². The quantitative estimate of drug-likeness (QED) is 0.506. The van der Waals surface area contributed by atoms with Crippen LogP contribution in [0.5, 0.6) is 5.75 Å². The standard InChI is InChI=1S/C23H21N5O3/c1-30-17-6-2-5-16(15-17)20-21-18(7-3-9-24-21)25-23(26-20)28-12-10-27(11-13-28)22(29)19-8-4-14-31-19/h2-9,14-15H,10-13H2,1H3. The lowest BCUT2D eigenvalue weighted by Crippen LogP contribution is -2.49. The maximum atomic E-state index is 12.5. The molecule has 1 fully saturated rings. The largest absolute Gasteiger partial charge is 0.497 e. The van der Waals surface area contributed by atoms with Crippen LogP contribution in [0.1, 0.15) is 10.6 Å². The number of methoxy groups -OCH3 is 1. The zero-order valence-corrected chi connectivity index (χ0v) is 17.1. The molecule has 31 heavy (non-hydrogen) atoms. The first-order valence-electron chi connectivity index (χ1n) is 10.1. The minimum atomic E-state index is -0.0923. The van der Waals surface area contributed by atoms with E-state index in [4.69, 9.17) is 19.1 Å². The third-order valence-corrected chi connectivity index (χ3v) is 5.37. The first-order chi connectivity index (χ1) is 15.2. The van der Waals surface area contributed by atoms with E-state index in [1.54, 1.807) is 30.3 Å². The molecule has 0 unspecified atom stereocenters. The van der Waals surface area contributed by atoms with Crippen molar-refractivity contribution < 1.29 is 13.9 Å². The number of rotatable bonds is 4. The zero-order valence-electron chi connectivity index (χ0n) is 17.1. The molecule has 4 heterocycles. The van der Waals surface area contributed by atoms with E-state index in [2.05, 4.69) is 9.88 Å². The number of furan rings is 1. The van der Waals surface area contributed by atoms with Crippen molar-refractivity contribution in [3.05, 3.63) is 66.8 Å². The summed E-state index contributed by atoms with van der Waals surface area (Å²) >= 11 is 0. The third-order valence-electron chi connectivity index (χ3n) is 5.37. The summed E-state index contributed by atoms with van der Waals surface area (Å²) in [6.07, 6.45) is 3.26. The fourth-order valence-electron chi connectivity index (χ4n) is 3.73. The number of pyridine rings is 1. The zero-order chi connectivity index (χ0) is 21.2. The van der Waals surface area contributed by atoms with Crippen LogP contribution >= 0.6 is 0 Å². The molecule has 156 valence electrons. The molecule has 1 saturated heterocycles. The number of fused-ring (bicyclic) bond motifs is 1. The molecule has 0 aliphatic carbocycles. The predicted molar refractivity (Wildman–Crippen MR) is 116 cm³/mol. The van der Waals surface area contributed by atoms with Crippen molar-refractivity contribution in [2.45, 2.75) is 0 Å². The highest BCUT2D eigenvalue weighted by molar-refractivity contribution is 5.92. The first kappa shape index (κ1) is 19.0. The Morgan fingerprint density at radius 2 is 1.90 bits per heavy atom. The van der Waals surface area contributed by atoms with Gasteiger partial charge >= 0.3 is 0 Å². The van der Waals surface area contributed by atoms with Gasteiger partial charge in [-0.15, -0.1) is 0 Å². The Labute approximate surface area is 179 Å². The molecule has 4 aromatic rings. The molecule has 5 rings (SSSR count). The highest BCUT2D eigenvalue weighted by Crippen LogP contribution is 2.29. The van der Waals surface area contributed by atoms with Crippen LogP contribution in [-0.2, 0) is 0 Å². The number of aromatic nitrogens is 3. The summed E-state index contributed by atoms with van der Waals surface area (Å²) < 4.78 is 10.6. The molecule has 8 nitrogen and oxygen atoms in total. The second-order valence-corrected chi connectivity index (χ2v) is 7.23. The van der Waals surface area contributed by atoms with Crippen molar-refractivity contribution in [2.24, 2.45) is 0 Å². The number of ether oxygens (including phenoxy) is 1. The SMILES string of the molecule is COc1cccc(-c2nc(N3CCN(C(=O)c4ccco4)CC3)nc3cccnc23)c1. The minimum absolute atomic E-state index is 0.0923. The van der Waals surface area contributed by atoms with E-state index in [1.807, 2.05) is 36.4 Å². The van der Waals surface area contributed by atoms with E-state index >= 15 is 0 Å². The molecule has 1 aliphatic heterocycles. The van der Waals surface area contributed by atoms with Gasteiger partial charge in [-0.3, -0.25) is 9.78 Å². The molecule has 1 aliphatic rings.